The first kappa shape index (κ1) is 14.0. The summed E-state index contributed by atoms with van der Waals surface area (Å²) in [5.74, 6) is -0.167. The van der Waals surface area contributed by atoms with Gasteiger partial charge in [0.2, 0.25) is 5.91 Å². The van der Waals surface area contributed by atoms with Gasteiger partial charge in [0, 0.05) is 10.6 Å². The van der Waals surface area contributed by atoms with Gasteiger partial charge in [-0.15, -0.1) is 0 Å². The first-order chi connectivity index (χ1) is 7.78. The van der Waals surface area contributed by atoms with E-state index in [0.29, 0.717) is 10.6 Å². The molecular weight excluding hydrogens is 238 g/mol. The normalized spacial score (nSPS) is 13.2. The monoisotopic (exact) mass is 255 g/mol. The second-order valence-corrected chi connectivity index (χ2v) is 5.51. The Hall–Kier alpha value is -1.06. The highest BCUT2D eigenvalue weighted by atomic mass is 35.5. The molecule has 1 rings (SSSR count). The number of amides is 1. The molecule has 0 heterocycles. The second kappa shape index (κ2) is 5.52. The lowest BCUT2D eigenvalue weighted by molar-refractivity contribution is -0.124. The van der Waals surface area contributed by atoms with Gasteiger partial charge < -0.3 is 10.4 Å². The fourth-order valence-electron chi connectivity index (χ4n) is 1.45. The number of aliphatic hydroxyl groups is 1. The zero-order valence-corrected chi connectivity index (χ0v) is 11.1. The number of aliphatic hydroxyl groups excluding tert-OH is 1. The third kappa shape index (κ3) is 5.20. The maximum atomic E-state index is 11.6. The summed E-state index contributed by atoms with van der Waals surface area (Å²) >= 11 is 5.75. The van der Waals surface area contributed by atoms with Crippen molar-refractivity contribution >= 4 is 17.5 Å². The van der Waals surface area contributed by atoms with Crippen LogP contribution in [-0.2, 0) is 4.79 Å². The van der Waals surface area contributed by atoms with E-state index in [1.54, 1.807) is 24.3 Å². The van der Waals surface area contributed by atoms with Crippen LogP contribution in [0.15, 0.2) is 24.3 Å². The van der Waals surface area contributed by atoms with Crippen molar-refractivity contribution in [2.45, 2.75) is 38.8 Å². The lowest BCUT2D eigenvalue weighted by Gasteiger charge is -2.21. The molecule has 94 valence electrons. The minimum atomic E-state index is -0.797. The van der Waals surface area contributed by atoms with Crippen LogP contribution in [-0.4, -0.2) is 16.6 Å². The lowest BCUT2D eigenvalue weighted by atomic mass is 10.0. The van der Waals surface area contributed by atoms with E-state index in [-0.39, 0.29) is 17.9 Å². The summed E-state index contributed by atoms with van der Waals surface area (Å²) in [7, 11) is 0. The summed E-state index contributed by atoms with van der Waals surface area (Å²) in [6.07, 6.45) is -0.742. The highest BCUT2D eigenvalue weighted by molar-refractivity contribution is 6.30. The molecular formula is C13H18ClNO2. The van der Waals surface area contributed by atoms with E-state index in [1.165, 1.54) is 0 Å². The first-order valence-corrected chi connectivity index (χ1v) is 5.90. The molecule has 0 aromatic heterocycles. The summed E-state index contributed by atoms with van der Waals surface area (Å²) in [5.41, 5.74) is 0.412. The van der Waals surface area contributed by atoms with Crippen LogP contribution in [0.2, 0.25) is 5.02 Å². The summed E-state index contributed by atoms with van der Waals surface area (Å²) in [6.45, 7) is 5.71. The molecule has 0 aliphatic carbocycles. The Labute approximate surface area is 107 Å². The Morgan fingerprint density at radius 1 is 1.35 bits per heavy atom. The Kier molecular flexibility index (Phi) is 4.54. The van der Waals surface area contributed by atoms with Gasteiger partial charge in [-0.25, -0.2) is 0 Å². The van der Waals surface area contributed by atoms with Crippen LogP contribution in [0.25, 0.3) is 0 Å². The zero-order chi connectivity index (χ0) is 13.1. The standard InChI is InChI=1S/C13H18ClNO2/c1-13(2,3)15-12(17)8-11(16)9-4-6-10(14)7-5-9/h4-7,11,16H,8H2,1-3H3,(H,15,17). The zero-order valence-electron chi connectivity index (χ0n) is 10.3. The predicted octanol–water partition coefficient (Wildman–Crippen LogP) is 2.68. The summed E-state index contributed by atoms with van der Waals surface area (Å²) in [4.78, 5) is 11.6. The van der Waals surface area contributed by atoms with E-state index in [1.807, 2.05) is 20.8 Å². The van der Waals surface area contributed by atoms with Gasteiger partial charge in [0.15, 0.2) is 0 Å². The summed E-state index contributed by atoms with van der Waals surface area (Å²) in [5, 5.41) is 13.3. The quantitative estimate of drug-likeness (QED) is 0.873. The third-order valence-corrected chi connectivity index (χ3v) is 2.40. The van der Waals surface area contributed by atoms with Gasteiger partial charge in [0.25, 0.3) is 0 Å². The SMILES string of the molecule is CC(C)(C)NC(=O)CC(O)c1ccc(Cl)cc1. The molecule has 0 aliphatic rings. The number of hydrogen-bond donors (Lipinski definition) is 2. The topological polar surface area (TPSA) is 49.3 Å². The molecule has 17 heavy (non-hydrogen) atoms. The van der Waals surface area contributed by atoms with Crippen molar-refractivity contribution in [3.05, 3.63) is 34.9 Å². The largest absolute Gasteiger partial charge is 0.388 e. The molecule has 1 amide bonds. The van der Waals surface area contributed by atoms with Gasteiger partial charge in [0.05, 0.1) is 12.5 Å². The Bertz CT molecular complexity index is 381. The molecule has 3 nitrogen and oxygen atoms in total. The first-order valence-electron chi connectivity index (χ1n) is 5.52. The molecule has 1 unspecified atom stereocenters. The van der Waals surface area contributed by atoms with Crippen molar-refractivity contribution in [1.82, 2.24) is 5.32 Å². The smallest absolute Gasteiger partial charge is 0.223 e. The molecule has 0 aliphatic heterocycles. The second-order valence-electron chi connectivity index (χ2n) is 5.07. The van der Waals surface area contributed by atoms with Crippen molar-refractivity contribution in [2.24, 2.45) is 0 Å². The van der Waals surface area contributed by atoms with E-state index >= 15 is 0 Å². The van der Waals surface area contributed by atoms with E-state index in [9.17, 15) is 9.90 Å². The van der Waals surface area contributed by atoms with E-state index < -0.39 is 6.10 Å². The maximum absolute atomic E-state index is 11.6. The number of carbonyl (C=O) groups is 1. The fourth-order valence-corrected chi connectivity index (χ4v) is 1.57. The van der Waals surface area contributed by atoms with Crippen LogP contribution in [0.1, 0.15) is 38.9 Å². The van der Waals surface area contributed by atoms with Gasteiger partial charge in [0.1, 0.15) is 0 Å². The Morgan fingerprint density at radius 2 is 1.88 bits per heavy atom. The van der Waals surface area contributed by atoms with Crippen LogP contribution in [0.4, 0.5) is 0 Å². The highest BCUT2D eigenvalue weighted by Gasteiger charge is 2.17. The van der Waals surface area contributed by atoms with Crippen LogP contribution in [0.3, 0.4) is 0 Å². The van der Waals surface area contributed by atoms with Crippen molar-refractivity contribution in [3.8, 4) is 0 Å². The lowest BCUT2D eigenvalue weighted by Crippen LogP contribution is -2.41. The molecule has 1 aromatic carbocycles. The number of halogens is 1. The number of nitrogens with one attached hydrogen (secondary N) is 1. The number of carbonyl (C=O) groups excluding carboxylic acids is 1. The Morgan fingerprint density at radius 3 is 2.35 bits per heavy atom. The average Bonchev–Trinajstić information content (AvgIpc) is 2.15. The third-order valence-electron chi connectivity index (χ3n) is 2.15. The van der Waals surface area contributed by atoms with Crippen molar-refractivity contribution in [3.63, 3.8) is 0 Å². The molecule has 0 saturated heterocycles. The predicted molar refractivity (Wildman–Crippen MR) is 68.9 cm³/mol. The average molecular weight is 256 g/mol. The van der Waals surface area contributed by atoms with Gasteiger partial charge >= 0.3 is 0 Å². The number of rotatable bonds is 3. The van der Waals surface area contributed by atoms with Crippen molar-refractivity contribution in [1.29, 1.82) is 0 Å². The molecule has 0 radical (unpaired) electrons. The van der Waals surface area contributed by atoms with Gasteiger partial charge in [-0.1, -0.05) is 23.7 Å². The summed E-state index contributed by atoms with van der Waals surface area (Å²) in [6, 6.07) is 6.83. The number of benzene rings is 1. The minimum Gasteiger partial charge on any atom is -0.388 e. The molecule has 1 aromatic rings. The molecule has 1 atom stereocenters. The van der Waals surface area contributed by atoms with Crippen LogP contribution < -0.4 is 5.32 Å². The molecule has 2 N–H and O–H groups in total. The van der Waals surface area contributed by atoms with Gasteiger partial charge in [-0.3, -0.25) is 4.79 Å². The maximum Gasteiger partial charge on any atom is 0.223 e. The van der Waals surface area contributed by atoms with Crippen molar-refractivity contribution < 1.29 is 9.90 Å². The fraction of sp³-hybridized carbons (Fsp3) is 0.462. The minimum absolute atomic E-state index is 0.0545. The molecule has 0 saturated carbocycles. The summed E-state index contributed by atoms with van der Waals surface area (Å²) < 4.78 is 0. The van der Waals surface area contributed by atoms with Gasteiger partial charge in [-0.05, 0) is 38.5 Å². The molecule has 4 heteroatoms. The van der Waals surface area contributed by atoms with Crippen LogP contribution in [0.5, 0.6) is 0 Å². The van der Waals surface area contributed by atoms with E-state index in [4.69, 9.17) is 11.6 Å². The van der Waals surface area contributed by atoms with Crippen molar-refractivity contribution in [2.75, 3.05) is 0 Å². The highest BCUT2D eigenvalue weighted by Crippen LogP contribution is 2.19. The van der Waals surface area contributed by atoms with E-state index in [2.05, 4.69) is 5.32 Å². The Balaban J connectivity index is 2.57. The van der Waals surface area contributed by atoms with E-state index in [0.717, 1.165) is 0 Å². The van der Waals surface area contributed by atoms with Crippen LogP contribution >= 0.6 is 11.6 Å². The molecule has 0 fully saturated rings. The van der Waals surface area contributed by atoms with Crippen LogP contribution in [0, 0.1) is 0 Å². The van der Waals surface area contributed by atoms with Gasteiger partial charge in [-0.2, -0.15) is 0 Å². The number of hydrogen-bond acceptors (Lipinski definition) is 2. The molecule has 0 bridgehead atoms. The molecule has 0 spiro atoms.